The fourth-order valence-electron chi connectivity index (χ4n) is 5.00. The van der Waals surface area contributed by atoms with Crippen LogP contribution in [0.25, 0.3) is 0 Å². The van der Waals surface area contributed by atoms with E-state index in [-0.39, 0.29) is 0 Å². The van der Waals surface area contributed by atoms with Gasteiger partial charge in [-0.25, -0.2) is 0 Å². The Bertz CT molecular complexity index is 1160. The molecule has 4 rings (SSSR count). The van der Waals surface area contributed by atoms with Crippen molar-refractivity contribution in [3.8, 4) is 0 Å². The fraction of sp³-hybridized carbons (Fsp3) is 0.250. The number of hydrogen-bond acceptors (Lipinski definition) is 4. The summed E-state index contributed by atoms with van der Waals surface area (Å²) >= 11 is 0. The number of aliphatic hydroxyl groups is 4. The van der Waals surface area contributed by atoms with Gasteiger partial charge in [-0.1, -0.05) is 119 Å². The molecule has 0 aromatic heterocycles. The standard InChI is InChI=1S/C32H34O4/c1-21-9-5-13-25(17-21)31(35,26-14-6-10-22(2)18-26)29(33)30(34)32(36,27-15-7-11-23(3)19-27)28-16-8-12-24(4)20-28/h5-20,29-30,33-36H,1-4H3/t29-,30-/m1/s1. The summed E-state index contributed by atoms with van der Waals surface area (Å²) in [6.45, 7) is 7.61. The molecular weight excluding hydrogens is 448 g/mol. The van der Waals surface area contributed by atoms with Gasteiger partial charge in [-0.05, 0) is 49.9 Å². The van der Waals surface area contributed by atoms with Gasteiger partial charge in [0, 0.05) is 0 Å². The number of benzene rings is 4. The van der Waals surface area contributed by atoms with Gasteiger partial charge in [0.05, 0.1) is 0 Å². The minimum atomic E-state index is -2.00. The number of hydrogen-bond donors (Lipinski definition) is 4. The van der Waals surface area contributed by atoms with Crippen molar-refractivity contribution in [1.29, 1.82) is 0 Å². The molecule has 0 spiro atoms. The van der Waals surface area contributed by atoms with Gasteiger partial charge in [-0.3, -0.25) is 0 Å². The van der Waals surface area contributed by atoms with Gasteiger partial charge in [0.15, 0.2) is 0 Å². The minimum Gasteiger partial charge on any atom is -0.387 e. The molecule has 36 heavy (non-hydrogen) atoms. The van der Waals surface area contributed by atoms with E-state index in [0.717, 1.165) is 22.3 Å². The van der Waals surface area contributed by atoms with E-state index in [1.807, 2.05) is 52.0 Å². The first-order valence-corrected chi connectivity index (χ1v) is 12.2. The third-order valence-corrected chi connectivity index (χ3v) is 6.99. The lowest BCUT2D eigenvalue weighted by atomic mass is 9.71. The van der Waals surface area contributed by atoms with Crippen molar-refractivity contribution >= 4 is 0 Å². The van der Waals surface area contributed by atoms with Crippen LogP contribution >= 0.6 is 0 Å². The van der Waals surface area contributed by atoms with Crippen molar-refractivity contribution in [3.63, 3.8) is 0 Å². The molecule has 4 aromatic carbocycles. The van der Waals surface area contributed by atoms with Crippen molar-refractivity contribution in [2.45, 2.75) is 51.1 Å². The predicted molar refractivity (Wildman–Crippen MR) is 143 cm³/mol. The van der Waals surface area contributed by atoms with Gasteiger partial charge in [-0.2, -0.15) is 0 Å². The van der Waals surface area contributed by atoms with E-state index < -0.39 is 23.4 Å². The molecule has 4 N–H and O–H groups in total. The Morgan fingerprint density at radius 1 is 0.444 bits per heavy atom. The van der Waals surface area contributed by atoms with Gasteiger partial charge in [-0.15, -0.1) is 0 Å². The van der Waals surface area contributed by atoms with Crippen molar-refractivity contribution in [3.05, 3.63) is 142 Å². The molecule has 0 radical (unpaired) electrons. The van der Waals surface area contributed by atoms with Gasteiger partial charge in [0.2, 0.25) is 0 Å². The summed E-state index contributed by atoms with van der Waals surface area (Å²) in [4.78, 5) is 0. The van der Waals surface area contributed by atoms with Crippen LogP contribution in [0.1, 0.15) is 44.5 Å². The number of aryl methyl sites for hydroxylation is 4. The van der Waals surface area contributed by atoms with E-state index >= 15 is 0 Å². The summed E-state index contributed by atoms with van der Waals surface area (Å²) in [7, 11) is 0. The van der Waals surface area contributed by atoms with Crippen molar-refractivity contribution in [2.24, 2.45) is 0 Å². The second kappa shape index (κ2) is 10.00. The van der Waals surface area contributed by atoms with Crippen molar-refractivity contribution in [2.75, 3.05) is 0 Å². The SMILES string of the molecule is Cc1cccc(C(O)(c2cccc(C)c2)[C@H](O)[C@@H](O)C(O)(c2cccc(C)c2)c2cccc(C)c2)c1. The Hall–Kier alpha value is -3.28. The maximum atomic E-state index is 12.3. The normalized spacial score (nSPS) is 13.9. The lowest BCUT2D eigenvalue weighted by Gasteiger charge is -2.43. The highest BCUT2D eigenvalue weighted by molar-refractivity contribution is 5.45. The molecule has 0 fully saturated rings. The lowest BCUT2D eigenvalue weighted by molar-refractivity contribution is -0.167. The Morgan fingerprint density at radius 2 is 0.667 bits per heavy atom. The minimum absolute atomic E-state index is 0.426. The Labute approximate surface area is 213 Å². The second-order valence-corrected chi connectivity index (χ2v) is 9.90. The first kappa shape index (κ1) is 25.8. The average molecular weight is 483 g/mol. The zero-order chi connectivity index (χ0) is 26.1. The largest absolute Gasteiger partial charge is 0.387 e. The van der Waals surface area contributed by atoms with Crippen LogP contribution in [0.15, 0.2) is 97.1 Å². The monoisotopic (exact) mass is 482 g/mol. The van der Waals surface area contributed by atoms with E-state index in [4.69, 9.17) is 0 Å². The Kier molecular flexibility index (Phi) is 7.17. The van der Waals surface area contributed by atoms with E-state index in [0.29, 0.717) is 22.3 Å². The van der Waals surface area contributed by atoms with Crippen molar-refractivity contribution in [1.82, 2.24) is 0 Å². The Balaban J connectivity index is 1.95. The molecule has 0 aliphatic rings. The van der Waals surface area contributed by atoms with Gasteiger partial charge in [0.1, 0.15) is 23.4 Å². The summed E-state index contributed by atoms with van der Waals surface area (Å²) in [5.74, 6) is 0. The molecule has 4 nitrogen and oxygen atoms in total. The lowest BCUT2D eigenvalue weighted by Crippen LogP contribution is -2.56. The van der Waals surface area contributed by atoms with Crippen LogP contribution in [-0.4, -0.2) is 32.6 Å². The van der Waals surface area contributed by atoms with Crippen LogP contribution < -0.4 is 0 Å². The third-order valence-electron chi connectivity index (χ3n) is 6.99. The molecule has 0 heterocycles. The summed E-state index contributed by atoms with van der Waals surface area (Å²) in [6, 6.07) is 28.9. The molecule has 186 valence electrons. The molecule has 0 amide bonds. The quantitative estimate of drug-likeness (QED) is 0.305. The molecule has 0 unspecified atom stereocenters. The molecule has 0 bridgehead atoms. The van der Waals surface area contributed by atoms with Crippen LogP contribution in [-0.2, 0) is 11.2 Å². The third kappa shape index (κ3) is 4.61. The van der Waals surface area contributed by atoms with E-state index in [9.17, 15) is 20.4 Å². The van der Waals surface area contributed by atoms with Crippen molar-refractivity contribution < 1.29 is 20.4 Å². The molecule has 4 heteroatoms. The van der Waals surface area contributed by atoms with Gasteiger partial charge < -0.3 is 20.4 Å². The van der Waals surface area contributed by atoms with Crippen LogP contribution in [0.5, 0.6) is 0 Å². The molecule has 0 saturated carbocycles. The van der Waals surface area contributed by atoms with Crippen LogP contribution in [0.4, 0.5) is 0 Å². The second-order valence-electron chi connectivity index (χ2n) is 9.90. The highest BCUT2D eigenvalue weighted by atomic mass is 16.4. The molecule has 0 aliphatic heterocycles. The topological polar surface area (TPSA) is 80.9 Å². The molecular formula is C32H34O4. The number of aliphatic hydroxyl groups excluding tert-OH is 2. The van der Waals surface area contributed by atoms with Gasteiger partial charge in [0.25, 0.3) is 0 Å². The molecule has 2 atom stereocenters. The predicted octanol–water partition coefficient (Wildman–Crippen LogP) is 4.81. The van der Waals surface area contributed by atoms with E-state index in [1.165, 1.54) is 0 Å². The van der Waals surface area contributed by atoms with Crippen LogP contribution in [0, 0.1) is 27.7 Å². The summed E-state index contributed by atoms with van der Waals surface area (Å²) < 4.78 is 0. The Morgan fingerprint density at radius 3 is 0.861 bits per heavy atom. The van der Waals surface area contributed by atoms with Gasteiger partial charge >= 0.3 is 0 Å². The zero-order valence-electron chi connectivity index (χ0n) is 21.2. The summed E-state index contributed by atoms with van der Waals surface area (Å²) in [6.07, 6.45) is -3.57. The average Bonchev–Trinajstić information content (AvgIpc) is 2.86. The zero-order valence-corrected chi connectivity index (χ0v) is 21.2. The van der Waals surface area contributed by atoms with Crippen LogP contribution in [0.2, 0.25) is 0 Å². The summed E-state index contributed by atoms with van der Waals surface area (Å²) in [5, 5.41) is 48.3. The fourth-order valence-corrected chi connectivity index (χ4v) is 5.00. The number of rotatable bonds is 7. The van der Waals surface area contributed by atoms with Crippen LogP contribution in [0.3, 0.4) is 0 Å². The highest BCUT2D eigenvalue weighted by Crippen LogP contribution is 2.42. The first-order chi connectivity index (χ1) is 17.1. The molecule has 4 aromatic rings. The van der Waals surface area contributed by atoms with E-state index in [1.54, 1.807) is 72.8 Å². The smallest absolute Gasteiger partial charge is 0.143 e. The maximum absolute atomic E-state index is 12.3. The maximum Gasteiger partial charge on any atom is 0.143 e. The summed E-state index contributed by atoms with van der Waals surface area (Å²) in [5.41, 5.74) is 1.29. The first-order valence-electron chi connectivity index (χ1n) is 12.2. The highest BCUT2D eigenvalue weighted by Gasteiger charge is 2.52. The molecule has 0 saturated heterocycles. The van der Waals surface area contributed by atoms with E-state index in [2.05, 4.69) is 0 Å². The molecule has 0 aliphatic carbocycles.